The average Bonchev–Trinajstić information content (AvgIpc) is 2.88. The highest BCUT2D eigenvalue weighted by molar-refractivity contribution is 9.11. The highest BCUT2D eigenvalue weighted by Gasteiger charge is 2.19. The molecule has 1 aliphatic heterocycles. The van der Waals surface area contributed by atoms with Crippen LogP contribution < -0.4 is 14.8 Å². The van der Waals surface area contributed by atoms with Crippen LogP contribution in [-0.4, -0.2) is 23.8 Å². The Bertz CT molecular complexity index is 649. The van der Waals surface area contributed by atoms with Crippen molar-refractivity contribution < 1.29 is 9.47 Å². The lowest BCUT2D eigenvalue weighted by Gasteiger charge is -2.07. The van der Waals surface area contributed by atoms with E-state index >= 15 is 0 Å². The third kappa shape index (κ3) is 2.28. The van der Waals surface area contributed by atoms with E-state index in [2.05, 4.69) is 47.1 Å². The van der Waals surface area contributed by atoms with Crippen molar-refractivity contribution in [3.8, 4) is 22.9 Å². The zero-order chi connectivity index (χ0) is 13.4. The molecule has 1 N–H and O–H groups in total. The molecule has 1 aromatic heterocycles. The molecule has 0 amide bonds. The van der Waals surface area contributed by atoms with Gasteiger partial charge < -0.3 is 14.8 Å². The second-order valence-electron chi connectivity index (χ2n) is 3.83. The van der Waals surface area contributed by atoms with E-state index in [1.807, 2.05) is 19.2 Å². The fourth-order valence-electron chi connectivity index (χ4n) is 1.78. The minimum atomic E-state index is 0.236. The summed E-state index contributed by atoms with van der Waals surface area (Å²) in [4.78, 5) is 8.75. The van der Waals surface area contributed by atoms with Crippen LogP contribution in [0.3, 0.4) is 0 Å². The van der Waals surface area contributed by atoms with Crippen LogP contribution in [0.5, 0.6) is 11.5 Å². The van der Waals surface area contributed by atoms with Crippen molar-refractivity contribution >= 4 is 37.7 Å². The summed E-state index contributed by atoms with van der Waals surface area (Å²) in [6, 6.07) is 3.78. The van der Waals surface area contributed by atoms with Gasteiger partial charge in [-0.3, -0.25) is 0 Å². The van der Waals surface area contributed by atoms with E-state index in [0.717, 1.165) is 26.1 Å². The van der Waals surface area contributed by atoms with Gasteiger partial charge in [0.2, 0.25) is 6.79 Å². The number of nitrogens with zero attached hydrogens (tertiary/aromatic N) is 2. The first kappa shape index (κ1) is 12.7. The van der Waals surface area contributed by atoms with Crippen LogP contribution in [0.4, 0.5) is 5.82 Å². The standard InChI is InChI=1S/C12H9Br2N3O2/c1-15-12-8(14)4-16-11(17-12)6-2-7(13)10-9(3-6)18-5-19-10/h2-4H,5H2,1H3,(H,15,16,17). The normalized spacial score (nSPS) is 12.6. The van der Waals surface area contributed by atoms with Crippen molar-refractivity contribution in [2.75, 3.05) is 19.2 Å². The number of rotatable bonds is 2. The lowest BCUT2D eigenvalue weighted by atomic mass is 10.2. The molecule has 1 aliphatic rings. The van der Waals surface area contributed by atoms with E-state index < -0.39 is 0 Å². The molecular formula is C12H9Br2N3O2. The first-order valence-corrected chi connectivity index (χ1v) is 7.07. The summed E-state index contributed by atoms with van der Waals surface area (Å²) in [6.07, 6.45) is 1.71. The summed E-state index contributed by atoms with van der Waals surface area (Å²) in [5.74, 6) is 2.77. The van der Waals surface area contributed by atoms with Crippen LogP contribution >= 0.6 is 31.9 Å². The topological polar surface area (TPSA) is 56.3 Å². The zero-order valence-corrected chi connectivity index (χ0v) is 13.1. The molecular weight excluding hydrogens is 378 g/mol. The Kier molecular flexibility index (Phi) is 3.32. The number of anilines is 1. The zero-order valence-electron chi connectivity index (χ0n) is 9.91. The Morgan fingerprint density at radius 3 is 2.84 bits per heavy atom. The number of hydrogen-bond acceptors (Lipinski definition) is 5. The predicted octanol–water partition coefficient (Wildman–Crippen LogP) is 3.44. The maximum Gasteiger partial charge on any atom is 0.231 e. The summed E-state index contributed by atoms with van der Waals surface area (Å²) in [5, 5.41) is 3.01. The molecule has 0 unspecified atom stereocenters. The van der Waals surface area contributed by atoms with Gasteiger partial charge in [-0.25, -0.2) is 9.97 Å². The minimum absolute atomic E-state index is 0.236. The quantitative estimate of drug-likeness (QED) is 0.856. The van der Waals surface area contributed by atoms with E-state index in [1.165, 1.54) is 0 Å². The van der Waals surface area contributed by atoms with Crippen LogP contribution in [0.25, 0.3) is 11.4 Å². The number of benzene rings is 1. The van der Waals surface area contributed by atoms with Gasteiger partial charge in [0.1, 0.15) is 5.82 Å². The molecule has 2 aromatic rings. The molecule has 1 aromatic carbocycles. The fourth-order valence-corrected chi connectivity index (χ4v) is 2.72. The van der Waals surface area contributed by atoms with Crippen molar-refractivity contribution in [2.45, 2.75) is 0 Å². The maximum atomic E-state index is 5.39. The predicted molar refractivity (Wildman–Crippen MR) is 78.5 cm³/mol. The second kappa shape index (κ2) is 4.97. The van der Waals surface area contributed by atoms with E-state index in [1.54, 1.807) is 6.20 Å². The van der Waals surface area contributed by atoms with Crippen LogP contribution in [-0.2, 0) is 0 Å². The van der Waals surface area contributed by atoms with Gasteiger partial charge in [0, 0.05) is 18.8 Å². The molecule has 0 aliphatic carbocycles. The summed E-state index contributed by atoms with van der Waals surface area (Å²) < 4.78 is 12.4. The summed E-state index contributed by atoms with van der Waals surface area (Å²) in [6.45, 7) is 0.236. The third-order valence-corrected chi connectivity index (χ3v) is 3.84. The number of fused-ring (bicyclic) bond motifs is 1. The molecule has 0 bridgehead atoms. The minimum Gasteiger partial charge on any atom is -0.454 e. The van der Waals surface area contributed by atoms with E-state index in [4.69, 9.17) is 9.47 Å². The van der Waals surface area contributed by atoms with E-state index in [9.17, 15) is 0 Å². The van der Waals surface area contributed by atoms with Gasteiger partial charge in [0.05, 0.1) is 8.95 Å². The van der Waals surface area contributed by atoms with Crippen molar-refractivity contribution in [3.63, 3.8) is 0 Å². The SMILES string of the molecule is CNc1nc(-c2cc(Br)c3c(c2)OCO3)ncc1Br. The maximum absolute atomic E-state index is 5.39. The molecule has 0 saturated heterocycles. The molecule has 7 heteroatoms. The summed E-state index contributed by atoms with van der Waals surface area (Å²) in [7, 11) is 1.81. The molecule has 0 atom stereocenters. The van der Waals surface area contributed by atoms with E-state index in [0.29, 0.717) is 11.6 Å². The summed E-state index contributed by atoms with van der Waals surface area (Å²) >= 11 is 6.85. The van der Waals surface area contributed by atoms with Crippen LogP contribution in [0.2, 0.25) is 0 Å². The van der Waals surface area contributed by atoms with Crippen LogP contribution in [0, 0.1) is 0 Å². The highest BCUT2D eigenvalue weighted by Crippen LogP contribution is 2.42. The molecule has 19 heavy (non-hydrogen) atoms. The number of halogens is 2. The van der Waals surface area contributed by atoms with Gasteiger partial charge in [-0.1, -0.05) is 0 Å². The molecule has 0 radical (unpaired) electrons. The average molecular weight is 387 g/mol. The molecule has 2 heterocycles. The highest BCUT2D eigenvalue weighted by atomic mass is 79.9. The van der Waals surface area contributed by atoms with Crippen molar-refractivity contribution in [3.05, 3.63) is 27.3 Å². The van der Waals surface area contributed by atoms with Gasteiger partial charge in [0.25, 0.3) is 0 Å². The first-order chi connectivity index (χ1) is 9.19. The molecule has 3 rings (SSSR count). The van der Waals surface area contributed by atoms with Crippen LogP contribution in [0.15, 0.2) is 27.3 Å². The lowest BCUT2D eigenvalue weighted by Crippen LogP contribution is -1.97. The number of hydrogen-bond donors (Lipinski definition) is 1. The Morgan fingerprint density at radius 1 is 1.21 bits per heavy atom. The molecule has 98 valence electrons. The van der Waals surface area contributed by atoms with Gasteiger partial charge in [-0.2, -0.15) is 0 Å². The van der Waals surface area contributed by atoms with Crippen LogP contribution in [0.1, 0.15) is 0 Å². The first-order valence-electron chi connectivity index (χ1n) is 5.49. The molecule has 5 nitrogen and oxygen atoms in total. The van der Waals surface area contributed by atoms with Crippen molar-refractivity contribution in [1.82, 2.24) is 9.97 Å². The third-order valence-electron chi connectivity index (χ3n) is 2.67. The number of aromatic nitrogens is 2. The molecule has 0 fully saturated rings. The molecule has 0 spiro atoms. The van der Waals surface area contributed by atoms with Gasteiger partial charge in [-0.15, -0.1) is 0 Å². The molecule has 0 saturated carbocycles. The monoisotopic (exact) mass is 385 g/mol. The van der Waals surface area contributed by atoms with Crippen molar-refractivity contribution in [2.24, 2.45) is 0 Å². The van der Waals surface area contributed by atoms with E-state index in [-0.39, 0.29) is 6.79 Å². The smallest absolute Gasteiger partial charge is 0.231 e. The van der Waals surface area contributed by atoms with Crippen molar-refractivity contribution in [1.29, 1.82) is 0 Å². The lowest BCUT2D eigenvalue weighted by molar-refractivity contribution is 0.173. The fraction of sp³-hybridized carbons (Fsp3) is 0.167. The Morgan fingerprint density at radius 2 is 2.05 bits per heavy atom. The van der Waals surface area contributed by atoms with Gasteiger partial charge in [-0.05, 0) is 44.0 Å². The Hall–Kier alpha value is -1.34. The van der Waals surface area contributed by atoms with Gasteiger partial charge >= 0.3 is 0 Å². The number of nitrogens with one attached hydrogen (secondary N) is 1. The Balaban J connectivity index is 2.10. The summed E-state index contributed by atoms with van der Waals surface area (Å²) in [5.41, 5.74) is 0.861. The largest absolute Gasteiger partial charge is 0.454 e. The second-order valence-corrected chi connectivity index (χ2v) is 5.54. The van der Waals surface area contributed by atoms with Gasteiger partial charge in [0.15, 0.2) is 17.3 Å². The Labute approximate surface area is 126 Å². The number of ether oxygens (including phenoxy) is 2.